The largest absolute Gasteiger partial charge is 0.333 e. The first-order valence-electron chi connectivity index (χ1n) is 7.15. The molecule has 1 amide bonds. The molecule has 0 spiro atoms. The van der Waals surface area contributed by atoms with Gasteiger partial charge in [-0.2, -0.15) is 0 Å². The Morgan fingerprint density at radius 3 is 2.55 bits per heavy atom. The Morgan fingerprint density at radius 2 is 1.91 bits per heavy atom. The van der Waals surface area contributed by atoms with Gasteiger partial charge in [0.2, 0.25) is 0 Å². The highest BCUT2D eigenvalue weighted by molar-refractivity contribution is 5.94. The average Bonchev–Trinajstić information content (AvgIpc) is 2.56. The van der Waals surface area contributed by atoms with Gasteiger partial charge >= 0.3 is 0 Å². The Hall–Kier alpha value is -1.98. The number of piperazine rings is 1. The van der Waals surface area contributed by atoms with Gasteiger partial charge in [0.15, 0.2) is 5.82 Å². The minimum Gasteiger partial charge on any atom is -0.333 e. The lowest BCUT2D eigenvalue weighted by molar-refractivity contribution is 0.0655. The van der Waals surface area contributed by atoms with Gasteiger partial charge in [-0.1, -0.05) is 30.3 Å². The highest BCUT2D eigenvalue weighted by Crippen LogP contribution is 2.15. The van der Waals surface area contributed by atoms with Crippen molar-refractivity contribution in [3.8, 4) is 11.4 Å². The van der Waals surface area contributed by atoms with Crippen molar-refractivity contribution >= 4 is 18.3 Å². The Labute approximate surface area is 136 Å². The van der Waals surface area contributed by atoms with Crippen molar-refractivity contribution in [3.63, 3.8) is 0 Å². The van der Waals surface area contributed by atoms with Gasteiger partial charge in [0.25, 0.3) is 5.91 Å². The Bertz CT molecular complexity index is 618. The van der Waals surface area contributed by atoms with E-state index in [4.69, 9.17) is 0 Å². The molecule has 0 bridgehead atoms. The third-order valence-electron chi connectivity index (χ3n) is 3.69. The number of nitrogens with one attached hydrogen (secondary N) is 1. The number of amides is 1. The van der Waals surface area contributed by atoms with E-state index in [1.165, 1.54) is 0 Å². The number of rotatable bonds is 2. The fourth-order valence-corrected chi connectivity index (χ4v) is 2.48. The quantitative estimate of drug-likeness (QED) is 0.920. The van der Waals surface area contributed by atoms with Gasteiger partial charge in [-0.25, -0.2) is 9.97 Å². The third-order valence-corrected chi connectivity index (χ3v) is 3.69. The number of benzene rings is 1. The van der Waals surface area contributed by atoms with E-state index in [1.54, 1.807) is 12.4 Å². The molecule has 3 rings (SSSR count). The zero-order valence-corrected chi connectivity index (χ0v) is 13.2. The maximum atomic E-state index is 12.5. The zero-order valence-electron chi connectivity index (χ0n) is 12.4. The van der Waals surface area contributed by atoms with E-state index < -0.39 is 0 Å². The van der Waals surface area contributed by atoms with E-state index in [-0.39, 0.29) is 24.4 Å². The van der Waals surface area contributed by atoms with Crippen molar-refractivity contribution in [1.29, 1.82) is 0 Å². The predicted molar refractivity (Wildman–Crippen MR) is 88.1 cm³/mol. The number of halogens is 1. The fraction of sp³-hybridized carbons (Fsp3) is 0.312. The number of hydrogen-bond acceptors (Lipinski definition) is 4. The first-order valence-corrected chi connectivity index (χ1v) is 7.15. The average molecular weight is 319 g/mol. The van der Waals surface area contributed by atoms with Crippen LogP contribution in [0.3, 0.4) is 0 Å². The van der Waals surface area contributed by atoms with Crippen molar-refractivity contribution in [1.82, 2.24) is 20.2 Å². The molecule has 5 nitrogen and oxygen atoms in total. The predicted octanol–water partition coefficient (Wildman–Crippen LogP) is 2.00. The molecule has 1 atom stereocenters. The molecule has 22 heavy (non-hydrogen) atoms. The van der Waals surface area contributed by atoms with Gasteiger partial charge < -0.3 is 10.2 Å². The molecule has 1 saturated heterocycles. The summed E-state index contributed by atoms with van der Waals surface area (Å²) in [5.41, 5.74) is 1.50. The monoisotopic (exact) mass is 318 g/mol. The summed E-state index contributed by atoms with van der Waals surface area (Å²) >= 11 is 0. The summed E-state index contributed by atoms with van der Waals surface area (Å²) in [7, 11) is 0. The van der Waals surface area contributed by atoms with Crippen molar-refractivity contribution in [3.05, 3.63) is 48.3 Å². The Morgan fingerprint density at radius 1 is 1.23 bits per heavy atom. The lowest BCUT2D eigenvalue weighted by Crippen LogP contribution is -2.52. The van der Waals surface area contributed by atoms with Crippen LogP contribution in [-0.2, 0) is 0 Å². The lowest BCUT2D eigenvalue weighted by Gasteiger charge is -2.33. The molecular weight excluding hydrogens is 300 g/mol. The van der Waals surface area contributed by atoms with E-state index >= 15 is 0 Å². The summed E-state index contributed by atoms with van der Waals surface area (Å²) < 4.78 is 0. The number of hydrogen-bond donors (Lipinski definition) is 1. The molecule has 0 unspecified atom stereocenters. The van der Waals surface area contributed by atoms with Crippen LogP contribution in [0.25, 0.3) is 11.4 Å². The van der Waals surface area contributed by atoms with E-state index in [2.05, 4.69) is 15.3 Å². The molecule has 1 aliphatic heterocycles. The van der Waals surface area contributed by atoms with Crippen molar-refractivity contribution in [2.45, 2.75) is 13.0 Å². The molecule has 6 heteroatoms. The minimum atomic E-state index is 0. The molecule has 0 radical (unpaired) electrons. The molecule has 0 saturated carbocycles. The van der Waals surface area contributed by atoms with Crippen LogP contribution in [0.1, 0.15) is 17.3 Å². The molecule has 1 aromatic carbocycles. The second-order valence-corrected chi connectivity index (χ2v) is 5.21. The summed E-state index contributed by atoms with van der Waals surface area (Å²) in [5.74, 6) is 0.643. The summed E-state index contributed by atoms with van der Waals surface area (Å²) in [5, 5.41) is 3.28. The minimum absolute atomic E-state index is 0. The molecule has 1 N–H and O–H groups in total. The first-order chi connectivity index (χ1) is 10.3. The number of carbonyl (C=O) groups excluding carboxylic acids is 1. The molecule has 1 aliphatic rings. The van der Waals surface area contributed by atoms with Gasteiger partial charge in [0.1, 0.15) is 0 Å². The van der Waals surface area contributed by atoms with Crippen LogP contribution in [0.5, 0.6) is 0 Å². The van der Waals surface area contributed by atoms with Crippen LogP contribution in [0.4, 0.5) is 0 Å². The van der Waals surface area contributed by atoms with E-state index in [1.807, 2.05) is 42.2 Å². The number of nitrogens with zero attached hydrogens (tertiary/aromatic N) is 3. The van der Waals surface area contributed by atoms with Gasteiger partial charge in [0.05, 0.1) is 5.56 Å². The Kier molecular flexibility index (Phi) is 5.46. The van der Waals surface area contributed by atoms with Crippen molar-refractivity contribution < 1.29 is 4.79 Å². The van der Waals surface area contributed by atoms with Gasteiger partial charge in [-0.3, -0.25) is 4.79 Å². The Balaban J connectivity index is 0.00000176. The maximum absolute atomic E-state index is 12.5. The molecular formula is C16H19ClN4O. The second-order valence-electron chi connectivity index (χ2n) is 5.21. The highest BCUT2D eigenvalue weighted by atomic mass is 35.5. The van der Waals surface area contributed by atoms with Crippen LogP contribution < -0.4 is 5.32 Å². The topological polar surface area (TPSA) is 58.1 Å². The van der Waals surface area contributed by atoms with E-state index in [0.29, 0.717) is 11.4 Å². The smallest absolute Gasteiger partial charge is 0.257 e. The molecule has 1 aromatic heterocycles. The van der Waals surface area contributed by atoms with Crippen LogP contribution in [0.15, 0.2) is 42.7 Å². The van der Waals surface area contributed by atoms with Gasteiger partial charge in [0, 0.05) is 43.6 Å². The molecule has 1 fully saturated rings. The van der Waals surface area contributed by atoms with Crippen LogP contribution >= 0.6 is 12.4 Å². The maximum Gasteiger partial charge on any atom is 0.257 e. The molecule has 116 valence electrons. The first kappa shape index (κ1) is 16.4. The van der Waals surface area contributed by atoms with Crippen molar-refractivity contribution in [2.24, 2.45) is 0 Å². The van der Waals surface area contributed by atoms with E-state index in [0.717, 1.165) is 25.2 Å². The SMILES string of the molecule is C[C@H]1CNCCN1C(=O)c1cnc(-c2ccccc2)nc1.Cl. The standard InChI is InChI=1S/C16H18N4O.ClH/c1-12-9-17-7-8-20(12)16(21)14-10-18-15(19-11-14)13-5-3-2-4-6-13;/h2-6,10-12,17H,7-9H2,1H3;1H/t12-;/m0./s1. The van der Waals surface area contributed by atoms with Crippen molar-refractivity contribution in [2.75, 3.05) is 19.6 Å². The summed E-state index contributed by atoms with van der Waals surface area (Å²) in [6.07, 6.45) is 3.23. The van der Waals surface area contributed by atoms with Gasteiger partial charge in [-0.15, -0.1) is 12.4 Å². The third kappa shape index (κ3) is 3.43. The number of aromatic nitrogens is 2. The summed E-state index contributed by atoms with van der Waals surface area (Å²) in [6, 6.07) is 9.94. The lowest BCUT2D eigenvalue weighted by atomic mass is 10.1. The van der Waals surface area contributed by atoms with Crippen LogP contribution in [0.2, 0.25) is 0 Å². The van der Waals surface area contributed by atoms with Crippen LogP contribution in [0, 0.1) is 0 Å². The fourth-order valence-electron chi connectivity index (χ4n) is 2.48. The molecule has 0 aliphatic carbocycles. The normalized spacial score (nSPS) is 17.7. The number of carbonyl (C=O) groups is 1. The summed E-state index contributed by atoms with van der Waals surface area (Å²) in [4.78, 5) is 23.0. The zero-order chi connectivity index (χ0) is 14.7. The molecule has 2 aromatic rings. The summed E-state index contributed by atoms with van der Waals surface area (Å²) in [6.45, 7) is 4.43. The molecule has 2 heterocycles. The highest BCUT2D eigenvalue weighted by Gasteiger charge is 2.24. The van der Waals surface area contributed by atoms with E-state index in [9.17, 15) is 4.79 Å². The van der Waals surface area contributed by atoms with Crippen LogP contribution in [-0.4, -0.2) is 46.5 Å². The van der Waals surface area contributed by atoms with Gasteiger partial charge in [-0.05, 0) is 6.92 Å². The second kappa shape index (κ2) is 7.33.